The molecule has 1 aromatic heterocycles. The second kappa shape index (κ2) is 4.66. The molecule has 0 saturated carbocycles. The van der Waals surface area contributed by atoms with Crippen LogP contribution < -0.4 is 0 Å². The van der Waals surface area contributed by atoms with E-state index in [1.807, 2.05) is 30.3 Å². The lowest BCUT2D eigenvalue weighted by Crippen LogP contribution is -2.00. The molecule has 1 aromatic carbocycles. The largest absolute Gasteiger partial charge is 0.477 e. The molecule has 2 rings (SSSR count). The molecule has 0 unspecified atom stereocenters. The number of carboxylic acids is 1. The van der Waals surface area contributed by atoms with E-state index in [0.29, 0.717) is 0 Å². The molecule has 1 heterocycles. The number of carbonyl (C=O) groups is 1. The number of nitro groups is 1. The minimum absolute atomic E-state index is 0.287. The molecule has 0 atom stereocenters. The molecule has 0 bridgehead atoms. The average Bonchev–Trinajstić information content (AvgIpc) is 2.74. The number of aromatic carboxylic acids is 1. The number of hydrogen-bond donors (Lipinski definition) is 1. The third-order valence-corrected chi connectivity index (χ3v) is 2.33. The van der Waals surface area contributed by atoms with Gasteiger partial charge >= 0.3 is 11.8 Å². The van der Waals surface area contributed by atoms with Crippen LogP contribution in [0.5, 0.6) is 0 Å². The topological polar surface area (TPSA) is 98.3 Å². The standard InChI is InChI=1S/C11H9N3O4/c15-11(16)9-7-13(12-10(9)14(17)18)6-8-4-2-1-3-5-8/h1-5,7H,6H2,(H,15,16). The van der Waals surface area contributed by atoms with E-state index < -0.39 is 22.3 Å². The van der Waals surface area contributed by atoms with Crippen molar-refractivity contribution in [2.24, 2.45) is 0 Å². The highest BCUT2D eigenvalue weighted by Crippen LogP contribution is 2.16. The average molecular weight is 247 g/mol. The van der Waals surface area contributed by atoms with Gasteiger partial charge in [-0.15, -0.1) is 0 Å². The summed E-state index contributed by atoms with van der Waals surface area (Å²) in [5, 5.41) is 23.2. The minimum Gasteiger partial charge on any atom is -0.477 e. The summed E-state index contributed by atoms with van der Waals surface area (Å²) in [7, 11) is 0. The van der Waals surface area contributed by atoms with Gasteiger partial charge in [-0.25, -0.2) is 4.79 Å². The Balaban J connectivity index is 2.33. The van der Waals surface area contributed by atoms with Crippen molar-refractivity contribution >= 4 is 11.8 Å². The van der Waals surface area contributed by atoms with Crippen molar-refractivity contribution in [3.8, 4) is 0 Å². The second-order valence-electron chi connectivity index (χ2n) is 3.61. The Morgan fingerprint density at radius 2 is 2.06 bits per heavy atom. The first-order chi connectivity index (χ1) is 8.58. The Morgan fingerprint density at radius 3 is 2.56 bits per heavy atom. The summed E-state index contributed by atoms with van der Waals surface area (Å²) < 4.78 is 1.25. The summed E-state index contributed by atoms with van der Waals surface area (Å²) in [5.74, 6) is -2.00. The van der Waals surface area contributed by atoms with Crippen LogP contribution in [0.25, 0.3) is 0 Å². The van der Waals surface area contributed by atoms with Crippen molar-refractivity contribution in [2.45, 2.75) is 6.54 Å². The predicted octanol–water partition coefficient (Wildman–Crippen LogP) is 1.54. The van der Waals surface area contributed by atoms with Crippen LogP contribution in [-0.4, -0.2) is 25.8 Å². The third kappa shape index (κ3) is 2.34. The molecule has 0 aliphatic carbocycles. The molecule has 2 aromatic rings. The van der Waals surface area contributed by atoms with Crippen molar-refractivity contribution in [3.05, 3.63) is 57.8 Å². The Morgan fingerprint density at radius 1 is 1.39 bits per heavy atom. The highest BCUT2D eigenvalue weighted by molar-refractivity contribution is 5.91. The van der Waals surface area contributed by atoms with Crippen LogP contribution in [0.15, 0.2) is 36.5 Å². The van der Waals surface area contributed by atoms with E-state index in [9.17, 15) is 14.9 Å². The first-order valence-electron chi connectivity index (χ1n) is 5.07. The minimum atomic E-state index is -1.36. The van der Waals surface area contributed by atoms with Crippen molar-refractivity contribution in [2.75, 3.05) is 0 Å². The van der Waals surface area contributed by atoms with Crippen molar-refractivity contribution in [1.82, 2.24) is 9.78 Å². The number of rotatable bonds is 4. The molecule has 1 N–H and O–H groups in total. The maximum absolute atomic E-state index is 10.8. The molecule has 0 spiro atoms. The summed E-state index contributed by atoms with van der Waals surface area (Å²) in [6.45, 7) is 0.287. The molecular formula is C11H9N3O4. The molecule has 0 aliphatic rings. The first kappa shape index (κ1) is 11.8. The van der Waals surface area contributed by atoms with Crippen LogP contribution in [-0.2, 0) is 6.54 Å². The van der Waals surface area contributed by atoms with E-state index >= 15 is 0 Å². The summed E-state index contributed by atoms with van der Waals surface area (Å²) in [5.41, 5.74) is 0.475. The fourth-order valence-corrected chi connectivity index (χ4v) is 1.55. The van der Waals surface area contributed by atoms with Gasteiger partial charge in [0.25, 0.3) is 0 Å². The molecule has 92 valence electrons. The maximum Gasteiger partial charge on any atom is 0.404 e. The predicted molar refractivity (Wildman–Crippen MR) is 61.4 cm³/mol. The zero-order valence-corrected chi connectivity index (χ0v) is 9.18. The lowest BCUT2D eigenvalue weighted by atomic mass is 10.2. The second-order valence-corrected chi connectivity index (χ2v) is 3.61. The van der Waals surface area contributed by atoms with Gasteiger partial charge in [-0.2, -0.15) is 4.68 Å². The molecule has 0 amide bonds. The molecule has 7 heteroatoms. The monoisotopic (exact) mass is 247 g/mol. The Bertz CT molecular complexity index is 560. The summed E-state index contributed by atoms with van der Waals surface area (Å²) in [6, 6.07) is 9.15. The van der Waals surface area contributed by atoms with E-state index in [2.05, 4.69) is 5.10 Å². The fourth-order valence-electron chi connectivity index (χ4n) is 1.55. The van der Waals surface area contributed by atoms with Gasteiger partial charge in [0, 0.05) is 0 Å². The molecule has 0 saturated heterocycles. The molecule has 0 fully saturated rings. The zero-order chi connectivity index (χ0) is 13.1. The van der Waals surface area contributed by atoms with Crippen molar-refractivity contribution in [3.63, 3.8) is 0 Å². The number of carboxylic acid groups (broad SMARTS) is 1. The maximum atomic E-state index is 10.8. The van der Waals surface area contributed by atoms with E-state index in [1.165, 1.54) is 4.68 Å². The third-order valence-electron chi connectivity index (χ3n) is 2.33. The van der Waals surface area contributed by atoms with E-state index in [-0.39, 0.29) is 6.54 Å². The Hall–Kier alpha value is -2.70. The Kier molecular flexibility index (Phi) is 3.05. The van der Waals surface area contributed by atoms with Crippen LogP contribution in [0.3, 0.4) is 0 Å². The molecule has 18 heavy (non-hydrogen) atoms. The number of nitrogens with zero attached hydrogens (tertiary/aromatic N) is 3. The number of benzene rings is 1. The molecule has 7 nitrogen and oxygen atoms in total. The molecule has 0 radical (unpaired) electrons. The van der Waals surface area contributed by atoms with Gasteiger partial charge in [0.2, 0.25) is 0 Å². The lowest BCUT2D eigenvalue weighted by molar-refractivity contribution is -0.390. The smallest absolute Gasteiger partial charge is 0.404 e. The van der Waals surface area contributed by atoms with Gasteiger partial charge < -0.3 is 15.2 Å². The first-order valence-corrected chi connectivity index (χ1v) is 5.07. The van der Waals surface area contributed by atoms with Crippen LogP contribution >= 0.6 is 0 Å². The van der Waals surface area contributed by atoms with Crippen LogP contribution in [0.4, 0.5) is 5.82 Å². The molecular weight excluding hydrogens is 238 g/mol. The van der Waals surface area contributed by atoms with Gasteiger partial charge in [0.1, 0.15) is 0 Å². The van der Waals surface area contributed by atoms with Crippen molar-refractivity contribution in [1.29, 1.82) is 0 Å². The Labute approximate surface area is 101 Å². The summed E-state index contributed by atoms with van der Waals surface area (Å²) in [6.07, 6.45) is 1.16. The highest BCUT2D eigenvalue weighted by atomic mass is 16.6. The van der Waals surface area contributed by atoms with E-state index in [4.69, 9.17) is 5.11 Å². The lowest BCUT2D eigenvalue weighted by Gasteiger charge is -1.96. The van der Waals surface area contributed by atoms with Crippen LogP contribution in [0, 0.1) is 10.1 Å². The van der Waals surface area contributed by atoms with Gasteiger partial charge in [-0.3, -0.25) is 0 Å². The fraction of sp³-hybridized carbons (Fsp3) is 0.0909. The SMILES string of the molecule is O=C(O)c1cn(Cc2ccccc2)nc1[N+](=O)[O-]. The summed E-state index contributed by atoms with van der Waals surface area (Å²) >= 11 is 0. The van der Waals surface area contributed by atoms with Crippen LogP contribution in [0.2, 0.25) is 0 Å². The van der Waals surface area contributed by atoms with Gasteiger partial charge in [0.05, 0.1) is 17.8 Å². The number of aromatic nitrogens is 2. The van der Waals surface area contributed by atoms with Crippen LogP contribution in [0.1, 0.15) is 15.9 Å². The van der Waals surface area contributed by atoms with E-state index in [0.717, 1.165) is 11.8 Å². The highest BCUT2D eigenvalue weighted by Gasteiger charge is 2.25. The van der Waals surface area contributed by atoms with Crippen molar-refractivity contribution < 1.29 is 14.8 Å². The quantitative estimate of drug-likeness (QED) is 0.652. The van der Waals surface area contributed by atoms with Gasteiger partial charge in [0.15, 0.2) is 5.56 Å². The normalized spacial score (nSPS) is 10.2. The zero-order valence-electron chi connectivity index (χ0n) is 9.18. The van der Waals surface area contributed by atoms with Gasteiger partial charge in [-0.05, 0) is 10.5 Å². The van der Waals surface area contributed by atoms with E-state index in [1.54, 1.807) is 0 Å². The number of hydrogen-bond acceptors (Lipinski definition) is 4. The van der Waals surface area contributed by atoms with Gasteiger partial charge in [-0.1, -0.05) is 30.3 Å². The molecule has 0 aliphatic heterocycles. The summed E-state index contributed by atoms with van der Waals surface area (Å²) in [4.78, 5) is 20.7.